The Hall–Kier alpha value is 0.137. The van der Waals surface area contributed by atoms with E-state index in [0.29, 0.717) is 6.42 Å². The topological polar surface area (TPSA) is 29.5 Å². The van der Waals surface area contributed by atoms with Crippen molar-refractivity contribution in [3.63, 3.8) is 0 Å². The van der Waals surface area contributed by atoms with Gasteiger partial charge in [-0.05, 0) is 19.4 Å². The molecule has 0 rings (SSSR count). The second-order valence-electron chi connectivity index (χ2n) is 2.38. The minimum absolute atomic E-state index is 0.443. The summed E-state index contributed by atoms with van der Waals surface area (Å²) in [6.07, 6.45) is 0.681. The summed E-state index contributed by atoms with van der Waals surface area (Å²) in [5.74, 6) is -0.845. The summed E-state index contributed by atoms with van der Waals surface area (Å²) in [6, 6.07) is 1.09. The van der Waals surface area contributed by atoms with Gasteiger partial charge in [0.1, 0.15) is 0 Å². The van der Waals surface area contributed by atoms with Crippen molar-refractivity contribution in [2.24, 2.45) is 0 Å². The highest BCUT2D eigenvalue weighted by Crippen LogP contribution is 2.08. The van der Waals surface area contributed by atoms with E-state index < -0.39 is 15.6 Å². The maximum absolute atomic E-state index is 9.27. The zero-order valence-electron chi connectivity index (χ0n) is 6.48. The summed E-state index contributed by atoms with van der Waals surface area (Å²) >= 11 is 0. The van der Waals surface area contributed by atoms with Crippen LogP contribution >= 0.6 is 0 Å². The molecule has 1 N–H and O–H groups in total. The van der Waals surface area contributed by atoms with E-state index in [1.54, 1.807) is 6.92 Å². The van der Waals surface area contributed by atoms with Crippen molar-refractivity contribution in [1.82, 2.24) is 0 Å². The third-order valence-electron chi connectivity index (χ3n) is 1.27. The minimum Gasteiger partial charge on any atom is -0.398 e. The molecule has 0 aromatic carbocycles. The summed E-state index contributed by atoms with van der Waals surface area (Å²) in [5.41, 5.74) is 0. The molecule has 0 amide bonds. The van der Waals surface area contributed by atoms with Crippen LogP contribution in [0.5, 0.6) is 0 Å². The van der Waals surface area contributed by atoms with Gasteiger partial charge in [0.2, 0.25) is 0 Å². The van der Waals surface area contributed by atoms with Crippen LogP contribution in [0.1, 0.15) is 27.2 Å². The van der Waals surface area contributed by atoms with E-state index in [1.165, 1.54) is 0 Å². The van der Waals surface area contributed by atoms with Crippen LogP contribution in [0.2, 0.25) is 6.04 Å². The molecule has 0 bridgehead atoms. The third kappa shape index (κ3) is 4.63. The lowest BCUT2D eigenvalue weighted by Gasteiger charge is -2.21. The molecule has 0 aliphatic heterocycles. The predicted molar refractivity (Wildman–Crippen MR) is 41.0 cm³/mol. The average Bonchev–Trinajstić information content (AvgIpc) is 1.84. The van der Waals surface area contributed by atoms with Crippen LogP contribution in [0.15, 0.2) is 0 Å². The van der Waals surface area contributed by atoms with Crippen molar-refractivity contribution in [3.05, 3.63) is 0 Å². The molecule has 0 aromatic rings. The Balaban J connectivity index is 3.33. The molecule has 9 heavy (non-hydrogen) atoms. The Kier molecular flexibility index (Phi) is 4.09. The molecule has 3 heteroatoms. The first-order valence-electron chi connectivity index (χ1n) is 3.48. The number of hydrogen-bond donors (Lipinski definition) is 1. The third-order valence-corrected chi connectivity index (χ3v) is 2.51. The van der Waals surface area contributed by atoms with E-state index in [4.69, 9.17) is 4.43 Å². The van der Waals surface area contributed by atoms with E-state index in [1.807, 2.05) is 6.92 Å². The van der Waals surface area contributed by atoms with Crippen molar-refractivity contribution in [1.29, 1.82) is 0 Å². The van der Waals surface area contributed by atoms with Gasteiger partial charge in [0.25, 0.3) is 0 Å². The van der Waals surface area contributed by atoms with Crippen LogP contribution in [0.4, 0.5) is 0 Å². The van der Waals surface area contributed by atoms with Gasteiger partial charge in [0.15, 0.2) is 15.6 Å². The molecule has 2 nitrogen and oxygen atoms in total. The van der Waals surface area contributed by atoms with E-state index in [2.05, 4.69) is 6.92 Å². The lowest BCUT2D eigenvalue weighted by atomic mass is 10.3. The van der Waals surface area contributed by atoms with E-state index in [9.17, 15) is 5.11 Å². The van der Waals surface area contributed by atoms with Crippen molar-refractivity contribution in [2.45, 2.75) is 39.0 Å². The molecular weight excluding hydrogens is 132 g/mol. The summed E-state index contributed by atoms with van der Waals surface area (Å²) < 4.78 is 5.22. The van der Waals surface area contributed by atoms with Crippen molar-refractivity contribution in [2.75, 3.05) is 0 Å². The van der Waals surface area contributed by atoms with Crippen LogP contribution < -0.4 is 0 Å². The molecule has 0 radical (unpaired) electrons. The summed E-state index contributed by atoms with van der Waals surface area (Å²) in [5, 5.41) is 9.27. The number of hydrogen-bond acceptors (Lipinski definition) is 2. The smallest absolute Gasteiger partial charge is 0.165 e. The van der Waals surface area contributed by atoms with Gasteiger partial charge in [-0.2, -0.15) is 0 Å². The molecule has 1 atom stereocenters. The van der Waals surface area contributed by atoms with Gasteiger partial charge in [-0.25, -0.2) is 0 Å². The SMILES string of the molecule is CC[SiH2]OC(C)(O)CC. The van der Waals surface area contributed by atoms with Gasteiger partial charge in [0.05, 0.1) is 0 Å². The average molecular weight is 148 g/mol. The van der Waals surface area contributed by atoms with Crippen molar-refractivity contribution in [3.8, 4) is 0 Å². The van der Waals surface area contributed by atoms with Gasteiger partial charge in [0, 0.05) is 0 Å². The van der Waals surface area contributed by atoms with E-state index in [-0.39, 0.29) is 0 Å². The molecular formula is C6H16O2Si. The molecule has 0 aliphatic carbocycles. The molecule has 56 valence electrons. The van der Waals surface area contributed by atoms with Crippen LogP contribution in [0.3, 0.4) is 0 Å². The normalized spacial score (nSPS) is 18.7. The highest BCUT2D eigenvalue weighted by atomic mass is 28.2. The fourth-order valence-electron chi connectivity index (χ4n) is 0.424. The highest BCUT2D eigenvalue weighted by molar-refractivity contribution is 6.26. The molecule has 0 heterocycles. The summed E-state index contributed by atoms with van der Waals surface area (Å²) in [6.45, 7) is 5.72. The molecule has 0 saturated carbocycles. The monoisotopic (exact) mass is 148 g/mol. The predicted octanol–water partition coefficient (Wildman–Crippen LogP) is 0.643. The first-order chi connectivity index (χ1) is 4.12. The van der Waals surface area contributed by atoms with E-state index in [0.717, 1.165) is 6.04 Å². The molecule has 0 fully saturated rings. The summed E-state index contributed by atoms with van der Waals surface area (Å²) in [4.78, 5) is 0. The second kappa shape index (κ2) is 4.03. The van der Waals surface area contributed by atoms with Gasteiger partial charge in [-0.15, -0.1) is 0 Å². The lowest BCUT2D eigenvalue weighted by molar-refractivity contribution is -0.123. The van der Waals surface area contributed by atoms with Crippen LogP contribution in [0, 0.1) is 0 Å². The zero-order valence-corrected chi connectivity index (χ0v) is 7.89. The number of rotatable bonds is 4. The molecule has 0 aliphatic rings. The van der Waals surface area contributed by atoms with Crippen LogP contribution in [-0.2, 0) is 4.43 Å². The second-order valence-corrected chi connectivity index (χ2v) is 4.07. The Bertz CT molecular complexity index is 73.5. The minimum atomic E-state index is -0.845. The van der Waals surface area contributed by atoms with E-state index >= 15 is 0 Å². The standard InChI is InChI=1S/C6H16O2Si/c1-4-6(3,7)8-9-5-2/h7H,4-5,9H2,1-3H3. The maximum atomic E-state index is 9.27. The van der Waals surface area contributed by atoms with Crippen LogP contribution in [-0.4, -0.2) is 20.7 Å². The molecule has 0 spiro atoms. The fraction of sp³-hybridized carbons (Fsp3) is 1.00. The first-order valence-corrected chi connectivity index (χ1v) is 5.06. The Morgan fingerprint density at radius 2 is 2.11 bits per heavy atom. The van der Waals surface area contributed by atoms with Gasteiger partial charge in [-0.1, -0.05) is 13.8 Å². The highest BCUT2D eigenvalue weighted by Gasteiger charge is 2.15. The Morgan fingerprint density at radius 1 is 1.56 bits per heavy atom. The van der Waals surface area contributed by atoms with Gasteiger partial charge < -0.3 is 9.53 Å². The van der Waals surface area contributed by atoms with Crippen molar-refractivity contribution < 1.29 is 9.53 Å². The Morgan fingerprint density at radius 3 is 2.44 bits per heavy atom. The quantitative estimate of drug-likeness (QED) is 0.468. The molecule has 1 unspecified atom stereocenters. The Labute approximate surface area is 59.2 Å². The molecule has 0 aromatic heterocycles. The number of aliphatic hydroxyl groups is 1. The van der Waals surface area contributed by atoms with Crippen LogP contribution in [0.25, 0.3) is 0 Å². The molecule has 0 saturated heterocycles. The first kappa shape index (κ1) is 9.14. The fourth-order valence-corrected chi connectivity index (χ4v) is 1.27. The maximum Gasteiger partial charge on any atom is 0.165 e. The van der Waals surface area contributed by atoms with Gasteiger partial charge >= 0.3 is 0 Å². The largest absolute Gasteiger partial charge is 0.398 e. The summed E-state index contributed by atoms with van der Waals surface area (Å²) in [7, 11) is -0.443. The lowest BCUT2D eigenvalue weighted by Crippen LogP contribution is -2.28. The van der Waals surface area contributed by atoms with Crippen molar-refractivity contribution >= 4 is 9.76 Å². The van der Waals surface area contributed by atoms with Gasteiger partial charge in [-0.3, -0.25) is 0 Å². The zero-order chi connectivity index (χ0) is 7.33.